The summed E-state index contributed by atoms with van der Waals surface area (Å²) in [6.45, 7) is 6.08. The first kappa shape index (κ1) is 19.1. The van der Waals surface area contributed by atoms with Crippen molar-refractivity contribution >= 4 is 35.7 Å². The number of aliphatic imine (C=N–C) groups is 1. The zero-order valence-corrected chi connectivity index (χ0v) is 15.4. The van der Waals surface area contributed by atoms with Crippen LogP contribution in [-0.2, 0) is 6.54 Å². The van der Waals surface area contributed by atoms with Gasteiger partial charge >= 0.3 is 0 Å². The van der Waals surface area contributed by atoms with Crippen LogP contribution in [0.4, 0.5) is 11.6 Å². The second-order valence-corrected chi connectivity index (χ2v) is 6.35. The van der Waals surface area contributed by atoms with Crippen LogP contribution in [-0.4, -0.2) is 35.4 Å². The summed E-state index contributed by atoms with van der Waals surface area (Å²) >= 11 is 1.76. The molecule has 0 fully saturated rings. The third kappa shape index (κ3) is 5.67. The Kier molecular flexibility index (Phi) is 7.59. The van der Waals surface area contributed by atoms with Crippen molar-refractivity contribution in [3.05, 3.63) is 53.5 Å². The van der Waals surface area contributed by atoms with Crippen LogP contribution in [0.15, 0.2) is 47.2 Å². The van der Waals surface area contributed by atoms with Crippen molar-refractivity contribution in [1.29, 1.82) is 0 Å². The maximum Gasteiger partial charge on any atom is 0.227 e. The van der Waals surface area contributed by atoms with E-state index in [2.05, 4.69) is 32.3 Å². The van der Waals surface area contributed by atoms with Gasteiger partial charge in [0.05, 0.1) is 5.69 Å². The summed E-state index contributed by atoms with van der Waals surface area (Å²) in [6, 6.07) is 9.80. The molecule has 0 aliphatic heterocycles. The number of benzene rings is 1. The highest BCUT2D eigenvalue weighted by Gasteiger charge is 2.09. The van der Waals surface area contributed by atoms with Gasteiger partial charge in [-0.25, -0.2) is 9.97 Å². The molecule has 1 heterocycles. The maximum atomic E-state index is 5.69. The van der Waals surface area contributed by atoms with Gasteiger partial charge < -0.3 is 16.4 Å². The largest absolute Gasteiger partial charge is 0.326 e. The Morgan fingerprint density at radius 2 is 2.20 bits per heavy atom. The minimum atomic E-state index is 0.496. The van der Waals surface area contributed by atoms with E-state index >= 15 is 0 Å². The molecule has 2 rings (SSSR count). The molecule has 0 saturated heterocycles. The zero-order chi connectivity index (χ0) is 18.1. The molecule has 0 aliphatic carbocycles. The summed E-state index contributed by atoms with van der Waals surface area (Å²) in [5.41, 5.74) is 10.4. The fourth-order valence-electron chi connectivity index (χ4n) is 2.21. The third-order valence-electron chi connectivity index (χ3n) is 3.55. The molecule has 4 N–H and O–H groups in total. The first-order chi connectivity index (χ1) is 12.2. The molecule has 132 valence electrons. The molecule has 0 radical (unpaired) electrons. The summed E-state index contributed by atoms with van der Waals surface area (Å²) in [6.07, 6.45) is 1.75. The van der Waals surface area contributed by atoms with Gasteiger partial charge in [0.1, 0.15) is 0 Å². The fraction of sp³-hybridized carbons (Fsp3) is 0.278. The first-order valence-electron chi connectivity index (χ1n) is 7.96. The molecule has 1 aromatic carbocycles. The molecule has 0 unspecified atom stereocenters. The van der Waals surface area contributed by atoms with Crippen molar-refractivity contribution in [2.24, 2.45) is 10.7 Å². The van der Waals surface area contributed by atoms with E-state index in [-0.39, 0.29) is 0 Å². The van der Waals surface area contributed by atoms with Crippen LogP contribution in [0.3, 0.4) is 0 Å². The summed E-state index contributed by atoms with van der Waals surface area (Å²) in [5.74, 6) is 2.19. The highest BCUT2D eigenvalue weighted by molar-refractivity contribution is 7.99. The van der Waals surface area contributed by atoms with Crippen LogP contribution in [0.25, 0.3) is 5.57 Å². The number of thioether (sulfide) groups is 1. The Hall–Kier alpha value is -2.22. The lowest BCUT2D eigenvalue weighted by Gasteiger charge is -2.11. The Labute approximate surface area is 153 Å². The summed E-state index contributed by atoms with van der Waals surface area (Å²) in [7, 11) is 1.93. The maximum absolute atomic E-state index is 5.69. The summed E-state index contributed by atoms with van der Waals surface area (Å²) < 4.78 is 0. The van der Waals surface area contributed by atoms with Crippen molar-refractivity contribution in [3.8, 4) is 0 Å². The summed E-state index contributed by atoms with van der Waals surface area (Å²) in [5, 5.41) is 6.36. The number of allylic oxidation sites excluding steroid dienone is 1. The van der Waals surface area contributed by atoms with Gasteiger partial charge in [0.25, 0.3) is 0 Å². The van der Waals surface area contributed by atoms with Gasteiger partial charge in [0, 0.05) is 41.3 Å². The molecule has 0 amide bonds. The van der Waals surface area contributed by atoms with Gasteiger partial charge in [0.2, 0.25) is 5.95 Å². The fourth-order valence-corrected chi connectivity index (χ4v) is 3.07. The quantitative estimate of drug-likeness (QED) is 0.364. The molecule has 6 nitrogen and oxygen atoms in total. The molecule has 0 aliphatic rings. The Bertz CT molecular complexity index is 744. The molecule has 0 atom stereocenters. The van der Waals surface area contributed by atoms with E-state index in [1.54, 1.807) is 18.0 Å². The molecule has 7 heteroatoms. The van der Waals surface area contributed by atoms with Gasteiger partial charge in [-0.05, 0) is 44.5 Å². The number of aromatic nitrogens is 2. The van der Waals surface area contributed by atoms with Crippen molar-refractivity contribution in [3.63, 3.8) is 0 Å². The second kappa shape index (κ2) is 9.93. The van der Waals surface area contributed by atoms with Crippen LogP contribution in [0.5, 0.6) is 0 Å². The molecule has 2 aromatic rings. The Balaban J connectivity index is 2.24. The molecule has 0 saturated carbocycles. The predicted octanol–water partition coefficient (Wildman–Crippen LogP) is 3.02. The van der Waals surface area contributed by atoms with Gasteiger partial charge in [-0.15, -0.1) is 11.8 Å². The molecule has 0 bridgehead atoms. The average molecular weight is 356 g/mol. The smallest absolute Gasteiger partial charge is 0.227 e. The number of hydrogen-bond acceptors (Lipinski definition) is 7. The lowest BCUT2D eigenvalue weighted by Crippen LogP contribution is -2.06. The van der Waals surface area contributed by atoms with Gasteiger partial charge in [-0.3, -0.25) is 4.99 Å². The lowest BCUT2D eigenvalue weighted by atomic mass is 10.1. The van der Waals surface area contributed by atoms with E-state index in [1.807, 2.05) is 44.3 Å². The molecular weight excluding hydrogens is 332 g/mol. The van der Waals surface area contributed by atoms with Gasteiger partial charge in [-0.1, -0.05) is 12.1 Å². The van der Waals surface area contributed by atoms with E-state index < -0.39 is 0 Å². The van der Waals surface area contributed by atoms with E-state index in [1.165, 1.54) is 0 Å². The van der Waals surface area contributed by atoms with Crippen LogP contribution < -0.4 is 16.4 Å². The van der Waals surface area contributed by atoms with Crippen molar-refractivity contribution in [1.82, 2.24) is 15.3 Å². The van der Waals surface area contributed by atoms with E-state index in [4.69, 9.17) is 5.73 Å². The predicted molar refractivity (Wildman–Crippen MR) is 108 cm³/mol. The van der Waals surface area contributed by atoms with Crippen LogP contribution >= 0.6 is 11.8 Å². The monoisotopic (exact) mass is 356 g/mol. The number of hydrogen-bond donors (Lipinski definition) is 3. The van der Waals surface area contributed by atoms with Crippen LogP contribution in [0, 0.1) is 0 Å². The molecule has 1 aromatic heterocycles. The SMILES string of the molecule is C=N/C(C)=C(\CSCNC)c1ccnc(Nc2cccc(CN)c2)n1. The van der Waals surface area contributed by atoms with Gasteiger partial charge in [0.15, 0.2) is 0 Å². The van der Waals surface area contributed by atoms with E-state index in [0.717, 1.165) is 39.8 Å². The van der Waals surface area contributed by atoms with Gasteiger partial charge in [-0.2, -0.15) is 0 Å². The Morgan fingerprint density at radius 1 is 1.36 bits per heavy atom. The minimum Gasteiger partial charge on any atom is -0.326 e. The number of rotatable bonds is 9. The molecule has 25 heavy (non-hydrogen) atoms. The summed E-state index contributed by atoms with van der Waals surface area (Å²) in [4.78, 5) is 13.0. The zero-order valence-electron chi connectivity index (χ0n) is 14.6. The molecule has 0 spiro atoms. The number of nitrogens with two attached hydrogens (primary N) is 1. The Morgan fingerprint density at radius 3 is 2.92 bits per heavy atom. The first-order valence-corrected chi connectivity index (χ1v) is 9.11. The van der Waals surface area contributed by atoms with Crippen molar-refractivity contribution in [2.75, 3.05) is 24.0 Å². The standard InChI is InChI=1S/C18H24N6S/c1-13(21-3)16(11-25-12-20-2)17-7-8-22-18(24-17)23-15-6-4-5-14(9-15)10-19/h4-9,20H,3,10-12,19H2,1-2H3,(H,22,23,24)/b16-13+. The highest BCUT2D eigenvalue weighted by atomic mass is 32.2. The number of anilines is 2. The lowest BCUT2D eigenvalue weighted by molar-refractivity contribution is 0.983. The highest BCUT2D eigenvalue weighted by Crippen LogP contribution is 2.23. The van der Waals surface area contributed by atoms with E-state index in [9.17, 15) is 0 Å². The normalized spacial score (nSPS) is 11.8. The molecular formula is C18H24N6S. The topological polar surface area (TPSA) is 88.2 Å². The minimum absolute atomic E-state index is 0.496. The average Bonchev–Trinajstić information content (AvgIpc) is 2.65. The van der Waals surface area contributed by atoms with Crippen LogP contribution in [0.2, 0.25) is 0 Å². The second-order valence-electron chi connectivity index (χ2n) is 5.36. The van der Waals surface area contributed by atoms with Crippen molar-refractivity contribution < 1.29 is 0 Å². The van der Waals surface area contributed by atoms with Crippen molar-refractivity contribution in [2.45, 2.75) is 13.5 Å². The van der Waals surface area contributed by atoms with E-state index in [0.29, 0.717) is 12.5 Å². The number of nitrogens with zero attached hydrogens (tertiary/aromatic N) is 3. The van der Waals surface area contributed by atoms with Crippen LogP contribution in [0.1, 0.15) is 18.2 Å². The third-order valence-corrected chi connectivity index (χ3v) is 4.54. The number of nitrogens with one attached hydrogen (secondary N) is 2.